The summed E-state index contributed by atoms with van der Waals surface area (Å²) in [7, 11) is 0. The van der Waals surface area contributed by atoms with Crippen LogP contribution in [0.2, 0.25) is 0 Å². The molecular formula is C14H10BrN3O2. The number of nitrogen functional groups attached to an aromatic ring is 1. The minimum absolute atomic E-state index is 0.362. The normalized spacial score (nSPS) is 13.1. The zero-order valence-corrected chi connectivity index (χ0v) is 11.8. The number of nitrogens with one attached hydrogen (secondary N) is 2. The summed E-state index contributed by atoms with van der Waals surface area (Å²) in [5.74, 6) is -0.741. The topological polar surface area (TPSA) is 84.2 Å². The van der Waals surface area contributed by atoms with Gasteiger partial charge in [-0.1, -0.05) is 15.9 Å². The van der Waals surface area contributed by atoms with Crippen LogP contribution in [0.5, 0.6) is 0 Å². The van der Waals surface area contributed by atoms with E-state index in [0.29, 0.717) is 22.5 Å². The molecule has 0 atom stereocenters. The number of imide groups is 1. The lowest BCUT2D eigenvalue weighted by Gasteiger charge is -2.10. The second-order valence-corrected chi connectivity index (χ2v) is 5.32. The van der Waals surface area contributed by atoms with Gasteiger partial charge in [-0.3, -0.25) is 14.9 Å². The lowest BCUT2D eigenvalue weighted by Crippen LogP contribution is -2.19. The van der Waals surface area contributed by atoms with Crippen molar-refractivity contribution in [2.75, 3.05) is 11.1 Å². The van der Waals surface area contributed by atoms with Crippen molar-refractivity contribution in [2.24, 2.45) is 0 Å². The van der Waals surface area contributed by atoms with Gasteiger partial charge in [0.2, 0.25) is 0 Å². The van der Waals surface area contributed by atoms with E-state index in [2.05, 4.69) is 26.6 Å². The SMILES string of the molecule is Nc1ccc(Br)cc1Nc1ccc2c(c1)C(=O)NC2=O. The average molecular weight is 332 g/mol. The molecular weight excluding hydrogens is 322 g/mol. The van der Waals surface area contributed by atoms with Crippen molar-refractivity contribution in [2.45, 2.75) is 0 Å². The third-order valence-corrected chi connectivity index (χ3v) is 3.52. The fraction of sp³-hybridized carbons (Fsp3) is 0. The molecule has 20 heavy (non-hydrogen) atoms. The largest absolute Gasteiger partial charge is 0.397 e. The highest BCUT2D eigenvalue weighted by Gasteiger charge is 2.26. The smallest absolute Gasteiger partial charge is 0.259 e. The first kappa shape index (κ1) is 12.7. The summed E-state index contributed by atoms with van der Waals surface area (Å²) >= 11 is 3.37. The predicted octanol–water partition coefficient (Wildman–Crippen LogP) is 2.66. The monoisotopic (exact) mass is 331 g/mol. The molecule has 0 aliphatic carbocycles. The number of amides is 2. The maximum atomic E-state index is 11.6. The van der Waals surface area contributed by atoms with Gasteiger partial charge in [0.25, 0.3) is 11.8 Å². The van der Waals surface area contributed by atoms with Gasteiger partial charge in [-0.05, 0) is 36.4 Å². The van der Waals surface area contributed by atoms with Crippen LogP contribution in [0.15, 0.2) is 40.9 Å². The molecule has 0 aromatic heterocycles. The maximum Gasteiger partial charge on any atom is 0.259 e. The summed E-state index contributed by atoms with van der Waals surface area (Å²) in [6, 6.07) is 10.4. The predicted molar refractivity (Wildman–Crippen MR) is 80.1 cm³/mol. The van der Waals surface area contributed by atoms with Gasteiger partial charge in [0.05, 0.1) is 22.5 Å². The molecule has 0 radical (unpaired) electrons. The summed E-state index contributed by atoms with van der Waals surface area (Å²) in [6.45, 7) is 0. The van der Waals surface area contributed by atoms with Gasteiger partial charge in [0, 0.05) is 10.2 Å². The van der Waals surface area contributed by atoms with Crippen molar-refractivity contribution in [3.63, 3.8) is 0 Å². The molecule has 2 aromatic carbocycles. The first-order chi connectivity index (χ1) is 9.54. The summed E-state index contributed by atoms with van der Waals surface area (Å²) in [5, 5.41) is 5.39. The molecule has 0 bridgehead atoms. The lowest BCUT2D eigenvalue weighted by molar-refractivity contribution is 0.0879. The van der Waals surface area contributed by atoms with E-state index in [1.54, 1.807) is 24.3 Å². The first-order valence-electron chi connectivity index (χ1n) is 5.86. The van der Waals surface area contributed by atoms with E-state index in [-0.39, 0.29) is 11.8 Å². The van der Waals surface area contributed by atoms with Crippen LogP contribution in [-0.4, -0.2) is 11.8 Å². The Labute approximate surface area is 123 Å². The van der Waals surface area contributed by atoms with Crippen molar-refractivity contribution >= 4 is 44.8 Å². The van der Waals surface area contributed by atoms with Crippen molar-refractivity contribution < 1.29 is 9.59 Å². The minimum atomic E-state index is -0.379. The van der Waals surface area contributed by atoms with Crippen molar-refractivity contribution in [3.05, 3.63) is 52.0 Å². The van der Waals surface area contributed by atoms with Gasteiger partial charge < -0.3 is 11.1 Å². The molecule has 1 aliphatic heterocycles. The number of carbonyl (C=O) groups is 2. The molecule has 100 valence electrons. The zero-order chi connectivity index (χ0) is 14.3. The van der Waals surface area contributed by atoms with Gasteiger partial charge in [0.15, 0.2) is 0 Å². The third kappa shape index (κ3) is 2.14. The molecule has 5 nitrogen and oxygen atoms in total. The highest BCUT2D eigenvalue weighted by atomic mass is 79.9. The fourth-order valence-corrected chi connectivity index (χ4v) is 2.40. The number of nitrogens with two attached hydrogens (primary N) is 1. The molecule has 1 heterocycles. The Balaban J connectivity index is 1.97. The number of rotatable bonds is 2. The number of fused-ring (bicyclic) bond motifs is 1. The Bertz CT molecular complexity index is 743. The average Bonchev–Trinajstić information content (AvgIpc) is 2.69. The summed E-state index contributed by atoms with van der Waals surface area (Å²) < 4.78 is 0.892. The van der Waals surface area contributed by atoms with Crippen LogP contribution in [0.3, 0.4) is 0 Å². The summed E-state index contributed by atoms with van der Waals surface area (Å²) in [5.41, 5.74) is 8.65. The zero-order valence-electron chi connectivity index (χ0n) is 10.2. The second-order valence-electron chi connectivity index (χ2n) is 4.40. The Morgan fingerprint density at radius 3 is 2.55 bits per heavy atom. The van der Waals surface area contributed by atoms with Crippen LogP contribution in [0.25, 0.3) is 0 Å². The van der Waals surface area contributed by atoms with Gasteiger partial charge >= 0.3 is 0 Å². The standard InChI is InChI=1S/C14H10BrN3O2/c15-7-1-4-11(16)12(5-7)17-8-2-3-9-10(6-8)14(20)18-13(9)19/h1-6,17H,16H2,(H,18,19,20). The molecule has 0 fully saturated rings. The summed E-state index contributed by atoms with van der Waals surface area (Å²) in [6.07, 6.45) is 0. The van der Waals surface area contributed by atoms with Gasteiger partial charge in [-0.2, -0.15) is 0 Å². The van der Waals surface area contributed by atoms with E-state index < -0.39 is 0 Å². The Morgan fingerprint density at radius 1 is 1.00 bits per heavy atom. The molecule has 2 aromatic rings. The van der Waals surface area contributed by atoms with Crippen molar-refractivity contribution in [1.82, 2.24) is 5.32 Å². The van der Waals surface area contributed by atoms with Gasteiger partial charge in [0.1, 0.15) is 0 Å². The van der Waals surface area contributed by atoms with Crippen molar-refractivity contribution in [3.8, 4) is 0 Å². The Kier molecular flexibility index (Phi) is 2.94. The molecule has 0 spiro atoms. The second kappa shape index (κ2) is 4.64. The van der Waals surface area contributed by atoms with E-state index >= 15 is 0 Å². The maximum absolute atomic E-state index is 11.6. The number of carbonyl (C=O) groups excluding carboxylic acids is 2. The first-order valence-corrected chi connectivity index (χ1v) is 6.65. The van der Waals surface area contributed by atoms with E-state index in [0.717, 1.165) is 10.2 Å². The third-order valence-electron chi connectivity index (χ3n) is 3.03. The number of benzene rings is 2. The van der Waals surface area contributed by atoms with Crippen LogP contribution in [0.4, 0.5) is 17.1 Å². The molecule has 0 unspecified atom stereocenters. The van der Waals surface area contributed by atoms with Crippen LogP contribution < -0.4 is 16.4 Å². The van der Waals surface area contributed by atoms with Gasteiger partial charge in [-0.15, -0.1) is 0 Å². The molecule has 4 N–H and O–H groups in total. The molecule has 2 amide bonds. The van der Waals surface area contributed by atoms with Gasteiger partial charge in [-0.25, -0.2) is 0 Å². The molecule has 0 saturated carbocycles. The number of halogens is 1. The van der Waals surface area contributed by atoms with E-state index in [1.165, 1.54) is 0 Å². The van der Waals surface area contributed by atoms with Crippen LogP contribution >= 0.6 is 15.9 Å². The Morgan fingerprint density at radius 2 is 1.75 bits per heavy atom. The lowest BCUT2D eigenvalue weighted by atomic mass is 10.1. The van der Waals surface area contributed by atoms with E-state index in [9.17, 15) is 9.59 Å². The highest BCUT2D eigenvalue weighted by molar-refractivity contribution is 9.10. The number of hydrogen-bond donors (Lipinski definition) is 3. The number of hydrogen-bond acceptors (Lipinski definition) is 4. The van der Waals surface area contributed by atoms with Crippen LogP contribution in [-0.2, 0) is 0 Å². The highest BCUT2D eigenvalue weighted by Crippen LogP contribution is 2.28. The van der Waals surface area contributed by atoms with E-state index in [1.807, 2.05) is 12.1 Å². The molecule has 3 rings (SSSR count). The summed E-state index contributed by atoms with van der Waals surface area (Å²) in [4.78, 5) is 23.1. The molecule has 0 saturated heterocycles. The quantitative estimate of drug-likeness (QED) is 0.583. The van der Waals surface area contributed by atoms with Crippen LogP contribution in [0.1, 0.15) is 20.7 Å². The van der Waals surface area contributed by atoms with Crippen LogP contribution in [0, 0.1) is 0 Å². The molecule has 1 aliphatic rings. The van der Waals surface area contributed by atoms with E-state index in [4.69, 9.17) is 5.73 Å². The fourth-order valence-electron chi connectivity index (χ4n) is 2.04. The number of anilines is 3. The minimum Gasteiger partial charge on any atom is -0.397 e. The van der Waals surface area contributed by atoms with Crippen molar-refractivity contribution in [1.29, 1.82) is 0 Å². The molecule has 6 heteroatoms. The Hall–Kier alpha value is -2.34.